The van der Waals surface area contributed by atoms with Crippen molar-refractivity contribution >= 4 is 61.8 Å². The molecule has 3 heterocycles. The molecule has 2 unspecified atom stereocenters. The molecular formula is C15H17F3N6O8S3. The summed E-state index contributed by atoms with van der Waals surface area (Å²) in [6.45, 7) is 0. The van der Waals surface area contributed by atoms with E-state index in [2.05, 4.69) is 20.8 Å². The summed E-state index contributed by atoms with van der Waals surface area (Å²) >= 11 is 2.41. The van der Waals surface area contributed by atoms with Gasteiger partial charge >= 0.3 is 21.6 Å². The lowest BCUT2D eigenvalue weighted by Crippen LogP contribution is -2.73. The topological polar surface area (TPSA) is 214 Å². The van der Waals surface area contributed by atoms with Crippen LogP contribution in [0.5, 0.6) is 0 Å². The standard InChI is InChI=1S/C14H16N6O5S2.CHF3O3S/c1-16-11-9(13(23)24)20-6(4-26-11)8(12(20)22)18-10(21)7(19-25-2)5-3-27-14(15)17-5;2-1(3,4)8(5,6)7/h3,6,8,16H,4H2,1-2H3,(H2,15,17)(H,18,21)(H,23,24);(H,5,6,7). The van der Waals surface area contributed by atoms with Crippen LogP contribution in [-0.4, -0.2) is 89.0 Å². The van der Waals surface area contributed by atoms with Crippen LogP contribution in [-0.2, 0) is 29.3 Å². The van der Waals surface area contributed by atoms with E-state index in [0.717, 1.165) is 11.3 Å². The van der Waals surface area contributed by atoms with Crippen molar-refractivity contribution in [3.05, 3.63) is 21.8 Å². The molecule has 3 rings (SSSR count). The third kappa shape index (κ3) is 6.13. The van der Waals surface area contributed by atoms with Gasteiger partial charge in [-0.3, -0.25) is 19.0 Å². The predicted octanol–water partition coefficient (Wildman–Crippen LogP) is -0.615. The summed E-state index contributed by atoms with van der Waals surface area (Å²) in [6, 6.07) is -1.34. The van der Waals surface area contributed by atoms with E-state index in [1.54, 1.807) is 12.4 Å². The highest BCUT2D eigenvalue weighted by molar-refractivity contribution is 8.03. The number of alkyl halides is 3. The molecule has 1 aromatic rings. The van der Waals surface area contributed by atoms with Crippen molar-refractivity contribution in [1.82, 2.24) is 20.5 Å². The molecule has 2 amide bonds. The average Bonchev–Trinajstić information content (AvgIpc) is 3.19. The number of thioether (sulfide) groups is 1. The van der Waals surface area contributed by atoms with Gasteiger partial charge in [-0.25, -0.2) is 9.78 Å². The molecule has 35 heavy (non-hydrogen) atoms. The number of nitrogens with zero attached hydrogens (tertiary/aromatic N) is 3. The molecule has 0 bridgehead atoms. The van der Waals surface area contributed by atoms with Crippen molar-refractivity contribution in [3.8, 4) is 0 Å². The molecule has 1 aromatic heterocycles. The zero-order valence-electron chi connectivity index (χ0n) is 17.6. The molecule has 2 atom stereocenters. The molecule has 20 heteroatoms. The first-order valence-corrected chi connectivity index (χ1v) is 12.2. The van der Waals surface area contributed by atoms with Gasteiger partial charge in [0.15, 0.2) is 16.5 Å². The summed E-state index contributed by atoms with van der Waals surface area (Å²) in [5, 5.41) is 20.6. The molecule has 1 saturated heterocycles. The maximum atomic E-state index is 12.6. The van der Waals surface area contributed by atoms with Crippen LogP contribution in [0.4, 0.5) is 18.3 Å². The molecule has 1 fully saturated rings. The predicted molar refractivity (Wildman–Crippen MR) is 116 cm³/mol. The van der Waals surface area contributed by atoms with Crippen LogP contribution < -0.4 is 16.4 Å². The summed E-state index contributed by atoms with van der Waals surface area (Å²) in [6.07, 6.45) is 0. The highest BCUT2D eigenvalue weighted by Crippen LogP contribution is 2.37. The summed E-state index contributed by atoms with van der Waals surface area (Å²) in [5.41, 5.74) is 0.0312. The number of rotatable bonds is 6. The van der Waals surface area contributed by atoms with Crippen LogP contribution in [0.15, 0.2) is 21.3 Å². The second kappa shape index (κ2) is 10.7. The smallest absolute Gasteiger partial charge is 0.476 e. The van der Waals surface area contributed by atoms with Gasteiger partial charge in [-0.1, -0.05) is 5.16 Å². The maximum Gasteiger partial charge on any atom is 0.522 e. The minimum atomic E-state index is -5.84. The lowest BCUT2D eigenvalue weighted by molar-refractivity contribution is -0.153. The van der Waals surface area contributed by atoms with Crippen molar-refractivity contribution in [2.75, 3.05) is 25.6 Å². The number of hydrogen-bond donors (Lipinski definition) is 5. The Kier molecular flexibility index (Phi) is 8.57. The summed E-state index contributed by atoms with van der Waals surface area (Å²) in [4.78, 5) is 46.5. The fraction of sp³-hybridized carbons (Fsp3) is 0.400. The minimum Gasteiger partial charge on any atom is -0.476 e. The number of fused-ring (bicyclic) bond motifs is 1. The number of carboxylic acids is 1. The zero-order valence-corrected chi connectivity index (χ0v) is 20.0. The van der Waals surface area contributed by atoms with Crippen LogP contribution in [0.3, 0.4) is 0 Å². The van der Waals surface area contributed by atoms with Crippen molar-refractivity contribution in [2.24, 2.45) is 5.16 Å². The van der Waals surface area contributed by atoms with Gasteiger partial charge < -0.3 is 26.3 Å². The van der Waals surface area contributed by atoms with E-state index in [-0.39, 0.29) is 22.2 Å². The van der Waals surface area contributed by atoms with E-state index in [1.165, 1.54) is 23.8 Å². The number of nitrogens with one attached hydrogen (secondary N) is 2. The molecule has 194 valence electrons. The number of aromatic nitrogens is 1. The zero-order chi connectivity index (χ0) is 26.7. The third-order valence-corrected chi connectivity index (χ3v) is 6.70. The first-order chi connectivity index (χ1) is 16.1. The number of nitrogens with two attached hydrogens (primary N) is 1. The van der Waals surface area contributed by atoms with E-state index in [0.29, 0.717) is 10.8 Å². The Balaban J connectivity index is 0.000000466. The van der Waals surface area contributed by atoms with Gasteiger partial charge in [0, 0.05) is 18.2 Å². The van der Waals surface area contributed by atoms with E-state index in [4.69, 9.17) is 23.5 Å². The minimum absolute atomic E-state index is 0.118. The fourth-order valence-corrected chi connectivity index (χ4v) is 4.48. The fourth-order valence-electron chi connectivity index (χ4n) is 2.79. The van der Waals surface area contributed by atoms with Gasteiger partial charge in [-0.2, -0.15) is 21.6 Å². The summed E-state index contributed by atoms with van der Waals surface area (Å²) in [5.74, 6) is -1.95. The molecule has 0 aliphatic carbocycles. The number of hydrogen-bond acceptors (Lipinski definition) is 12. The normalized spacial score (nSPS) is 20.2. The van der Waals surface area contributed by atoms with Gasteiger partial charge in [0.1, 0.15) is 18.8 Å². The maximum absolute atomic E-state index is 12.6. The van der Waals surface area contributed by atoms with Gasteiger partial charge in [-0.05, 0) is 0 Å². The first-order valence-electron chi connectivity index (χ1n) is 8.92. The van der Waals surface area contributed by atoms with Crippen LogP contribution in [0.1, 0.15) is 5.69 Å². The molecule has 2 aliphatic heterocycles. The molecule has 0 spiro atoms. The van der Waals surface area contributed by atoms with Crippen molar-refractivity contribution in [3.63, 3.8) is 0 Å². The first kappa shape index (κ1) is 28.1. The van der Waals surface area contributed by atoms with Crippen LogP contribution >= 0.6 is 23.1 Å². The third-order valence-electron chi connectivity index (χ3n) is 4.25. The Labute approximate surface area is 203 Å². The average molecular weight is 563 g/mol. The monoisotopic (exact) mass is 562 g/mol. The van der Waals surface area contributed by atoms with Crippen LogP contribution in [0, 0.1) is 0 Å². The van der Waals surface area contributed by atoms with Crippen molar-refractivity contribution in [2.45, 2.75) is 17.6 Å². The van der Waals surface area contributed by atoms with Crippen molar-refractivity contribution < 1.29 is 50.5 Å². The molecule has 2 aliphatic rings. The molecule has 14 nitrogen and oxygen atoms in total. The highest BCUT2D eigenvalue weighted by Gasteiger charge is 2.54. The molecule has 0 saturated carbocycles. The number of carbonyl (C=O) groups is 3. The highest BCUT2D eigenvalue weighted by atomic mass is 32.2. The van der Waals surface area contributed by atoms with E-state index in [1.807, 2.05) is 0 Å². The van der Waals surface area contributed by atoms with Gasteiger partial charge in [0.25, 0.3) is 11.8 Å². The van der Waals surface area contributed by atoms with Crippen LogP contribution in [0.2, 0.25) is 0 Å². The van der Waals surface area contributed by atoms with Gasteiger partial charge in [0.2, 0.25) is 0 Å². The molecule has 0 aromatic carbocycles. The van der Waals surface area contributed by atoms with E-state index < -0.39 is 45.5 Å². The molecule has 6 N–H and O–H groups in total. The Morgan fingerprint density at radius 3 is 2.43 bits per heavy atom. The number of halogens is 3. The Bertz CT molecular complexity index is 1180. The number of carbonyl (C=O) groups excluding carboxylic acids is 2. The Hall–Kier alpha value is -3.10. The number of aliphatic carboxylic acids is 1. The van der Waals surface area contributed by atoms with Crippen LogP contribution in [0.25, 0.3) is 0 Å². The summed E-state index contributed by atoms with van der Waals surface area (Å²) in [7, 11) is -2.98. The molecular weight excluding hydrogens is 545 g/mol. The van der Waals surface area contributed by atoms with E-state index >= 15 is 0 Å². The number of amides is 2. The number of nitrogen functional groups attached to an aromatic ring is 1. The largest absolute Gasteiger partial charge is 0.522 e. The molecule has 0 radical (unpaired) electrons. The second-order valence-electron chi connectivity index (χ2n) is 6.38. The van der Waals surface area contributed by atoms with Gasteiger partial charge in [0.05, 0.1) is 11.1 Å². The quantitative estimate of drug-likeness (QED) is 0.0965. The number of β-lactam (4-membered cyclic amide) rings is 1. The number of carboxylic acid groups (broad SMARTS) is 1. The number of thiazole rings is 1. The number of anilines is 1. The Morgan fingerprint density at radius 2 is 2.00 bits per heavy atom. The Morgan fingerprint density at radius 1 is 1.40 bits per heavy atom. The van der Waals surface area contributed by atoms with Gasteiger partial charge in [-0.15, -0.1) is 23.1 Å². The summed E-state index contributed by atoms with van der Waals surface area (Å²) < 4.78 is 57.5. The lowest BCUT2D eigenvalue weighted by Gasteiger charge is -2.49. The van der Waals surface area contributed by atoms with Crippen molar-refractivity contribution in [1.29, 1.82) is 0 Å². The second-order valence-corrected chi connectivity index (χ2v) is 9.72. The SMILES string of the molecule is CNC1=C(C(=O)O)N2C(=O)C(NC(=O)C(=NOC)c3csc(N)n3)C2CS1.O=S(=O)(O)C(F)(F)F. The van der Waals surface area contributed by atoms with E-state index in [9.17, 15) is 32.7 Å². The number of oxime groups is 1. The lowest BCUT2D eigenvalue weighted by atomic mass is 9.94.